The van der Waals surface area contributed by atoms with Gasteiger partial charge in [-0.25, -0.2) is 9.97 Å². The molecule has 27 heavy (non-hydrogen) atoms. The zero-order valence-corrected chi connectivity index (χ0v) is 18.5. The maximum Gasteiger partial charge on any atom is 0.416 e. The summed E-state index contributed by atoms with van der Waals surface area (Å²) in [5.74, 6) is 1.19. The number of hydrogen-bond donors (Lipinski definition) is 1. The summed E-state index contributed by atoms with van der Waals surface area (Å²) in [6.07, 6.45) is -4.37. The third-order valence-electron chi connectivity index (χ3n) is 4.35. The number of alkyl halides is 3. The minimum Gasteiger partial charge on any atom is -0.363 e. The standard InChI is InChI=1S/C19H16BrF3IN3/c1-9-12(5-4-6-14(9)19(21,22)23)10(2)25-18-13-7-16(24)15(20)8-17(13)26-11(3)27-18/h4-8,10H,1-3H3,(H,25,26,27)/t10-/m1/s1. The maximum atomic E-state index is 13.2. The lowest BCUT2D eigenvalue weighted by molar-refractivity contribution is -0.138. The molecule has 0 radical (unpaired) electrons. The minimum absolute atomic E-state index is 0.220. The summed E-state index contributed by atoms with van der Waals surface area (Å²) in [5.41, 5.74) is 0.958. The van der Waals surface area contributed by atoms with Gasteiger partial charge >= 0.3 is 6.18 Å². The van der Waals surface area contributed by atoms with Crippen LogP contribution in [0.1, 0.15) is 35.5 Å². The van der Waals surface area contributed by atoms with E-state index >= 15 is 0 Å². The van der Waals surface area contributed by atoms with Gasteiger partial charge < -0.3 is 5.32 Å². The summed E-state index contributed by atoms with van der Waals surface area (Å²) >= 11 is 5.70. The third-order valence-corrected chi connectivity index (χ3v) is 6.64. The van der Waals surface area contributed by atoms with Crippen molar-refractivity contribution in [2.75, 3.05) is 5.32 Å². The Hall–Kier alpha value is -1.42. The molecule has 3 nitrogen and oxygen atoms in total. The second kappa shape index (κ2) is 7.54. The number of anilines is 1. The molecule has 2 aromatic carbocycles. The summed E-state index contributed by atoms with van der Waals surface area (Å²) in [7, 11) is 0. The van der Waals surface area contributed by atoms with E-state index in [0.29, 0.717) is 17.2 Å². The van der Waals surface area contributed by atoms with Crippen molar-refractivity contribution in [1.82, 2.24) is 9.97 Å². The van der Waals surface area contributed by atoms with Crippen LogP contribution in [-0.4, -0.2) is 9.97 Å². The fourth-order valence-corrected chi connectivity index (χ4v) is 3.86. The lowest BCUT2D eigenvalue weighted by Crippen LogP contribution is -2.14. The van der Waals surface area contributed by atoms with Crippen LogP contribution in [0.2, 0.25) is 0 Å². The predicted octanol–water partition coefficient (Wildman–Crippen LogP) is 6.81. The molecule has 3 aromatic rings. The maximum absolute atomic E-state index is 13.2. The molecule has 1 atom stereocenters. The first-order valence-corrected chi connectivity index (χ1v) is 10.0. The largest absolute Gasteiger partial charge is 0.416 e. The Morgan fingerprint density at radius 3 is 2.52 bits per heavy atom. The molecule has 0 aliphatic carbocycles. The molecular formula is C19H16BrF3IN3. The average Bonchev–Trinajstić information content (AvgIpc) is 2.55. The topological polar surface area (TPSA) is 37.8 Å². The number of halogens is 5. The highest BCUT2D eigenvalue weighted by Gasteiger charge is 2.33. The minimum atomic E-state index is -4.37. The highest BCUT2D eigenvalue weighted by atomic mass is 127. The molecule has 0 fully saturated rings. The summed E-state index contributed by atoms with van der Waals surface area (Å²) < 4.78 is 41.6. The van der Waals surface area contributed by atoms with Crippen LogP contribution in [0, 0.1) is 17.4 Å². The van der Waals surface area contributed by atoms with Gasteiger partial charge in [-0.05, 0) is 88.6 Å². The van der Waals surface area contributed by atoms with Crippen molar-refractivity contribution in [2.45, 2.75) is 33.0 Å². The van der Waals surface area contributed by atoms with Crippen molar-refractivity contribution < 1.29 is 13.2 Å². The number of aromatic nitrogens is 2. The van der Waals surface area contributed by atoms with Crippen molar-refractivity contribution in [1.29, 1.82) is 0 Å². The van der Waals surface area contributed by atoms with Crippen LogP contribution in [0.3, 0.4) is 0 Å². The van der Waals surface area contributed by atoms with E-state index in [1.807, 2.05) is 19.1 Å². The van der Waals surface area contributed by atoms with Gasteiger partial charge in [0.25, 0.3) is 0 Å². The lowest BCUT2D eigenvalue weighted by Gasteiger charge is -2.21. The molecule has 0 saturated heterocycles. The Kier molecular flexibility index (Phi) is 5.67. The number of aryl methyl sites for hydroxylation is 1. The molecule has 1 heterocycles. The number of fused-ring (bicyclic) bond motifs is 1. The van der Waals surface area contributed by atoms with Crippen LogP contribution in [-0.2, 0) is 6.18 Å². The zero-order chi connectivity index (χ0) is 19.9. The number of rotatable bonds is 3. The molecule has 0 unspecified atom stereocenters. The highest BCUT2D eigenvalue weighted by Crippen LogP contribution is 2.36. The number of benzene rings is 2. The molecule has 0 aliphatic rings. The van der Waals surface area contributed by atoms with E-state index < -0.39 is 11.7 Å². The van der Waals surface area contributed by atoms with Crippen LogP contribution in [0.4, 0.5) is 19.0 Å². The van der Waals surface area contributed by atoms with E-state index in [9.17, 15) is 13.2 Å². The number of nitrogens with one attached hydrogen (secondary N) is 1. The van der Waals surface area contributed by atoms with Gasteiger partial charge in [0, 0.05) is 13.4 Å². The Balaban J connectivity index is 2.05. The van der Waals surface area contributed by atoms with Crippen molar-refractivity contribution in [2.24, 2.45) is 0 Å². The second-order valence-corrected chi connectivity index (χ2v) is 8.30. The average molecular weight is 550 g/mol. The third kappa shape index (κ3) is 4.21. The summed E-state index contributed by atoms with van der Waals surface area (Å²) in [5, 5.41) is 4.09. The van der Waals surface area contributed by atoms with E-state index in [1.165, 1.54) is 13.0 Å². The van der Waals surface area contributed by atoms with E-state index in [1.54, 1.807) is 13.0 Å². The fourth-order valence-electron chi connectivity index (χ4n) is 3.06. The molecule has 8 heteroatoms. The van der Waals surface area contributed by atoms with Crippen LogP contribution < -0.4 is 5.32 Å². The van der Waals surface area contributed by atoms with E-state index in [0.717, 1.165) is 25.0 Å². The second-order valence-electron chi connectivity index (χ2n) is 6.29. The number of nitrogens with zero attached hydrogens (tertiary/aromatic N) is 2. The van der Waals surface area contributed by atoms with Crippen molar-refractivity contribution >= 4 is 55.2 Å². The van der Waals surface area contributed by atoms with Crippen molar-refractivity contribution in [3.8, 4) is 0 Å². The van der Waals surface area contributed by atoms with Crippen LogP contribution in [0.15, 0.2) is 34.8 Å². The molecular weight excluding hydrogens is 534 g/mol. The monoisotopic (exact) mass is 549 g/mol. The quantitative estimate of drug-likeness (QED) is 0.365. The Bertz CT molecular complexity index is 1020. The van der Waals surface area contributed by atoms with Gasteiger partial charge in [0.2, 0.25) is 0 Å². The van der Waals surface area contributed by atoms with Crippen molar-refractivity contribution in [3.05, 3.63) is 60.9 Å². The molecule has 3 rings (SSSR count). The van der Waals surface area contributed by atoms with E-state index in [2.05, 4.69) is 53.8 Å². The lowest BCUT2D eigenvalue weighted by atomic mass is 9.97. The van der Waals surface area contributed by atoms with Crippen LogP contribution in [0.5, 0.6) is 0 Å². The predicted molar refractivity (Wildman–Crippen MR) is 113 cm³/mol. The first-order valence-electron chi connectivity index (χ1n) is 8.14. The van der Waals surface area contributed by atoms with Gasteiger partial charge in [0.05, 0.1) is 17.1 Å². The molecule has 0 bridgehead atoms. The Morgan fingerprint density at radius 2 is 1.85 bits per heavy atom. The summed E-state index contributed by atoms with van der Waals surface area (Å²) in [6.45, 7) is 5.12. The van der Waals surface area contributed by atoms with Gasteiger partial charge in [-0.1, -0.05) is 12.1 Å². The molecule has 0 spiro atoms. The fraction of sp³-hybridized carbons (Fsp3) is 0.263. The van der Waals surface area contributed by atoms with Gasteiger partial charge in [0.15, 0.2) is 0 Å². The Morgan fingerprint density at radius 1 is 1.15 bits per heavy atom. The van der Waals surface area contributed by atoms with Gasteiger partial charge in [-0.2, -0.15) is 13.2 Å². The normalized spacial score (nSPS) is 13.0. The first kappa shape index (κ1) is 20.3. The Labute approximate surface area is 177 Å². The van der Waals surface area contributed by atoms with E-state index in [-0.39, 0.29) is 11.6 Å². The zero-order valence-electron chi connectivity index (χ0n) is 14.7. The van der Waals surface area contributed by atoms with Crippen LogP contribution in [0.25, 0.3) is 10.9 Å². The smallest absolute Gasteiger partial charge is 0.363 e. The SMILES string of the molecule is Cc1nc(N[C@H](C)c2cccc(C(F)(F)F)c2C)c2cc(I)c(Br)cc2n1. The molecule has 0 saturated carbocycles. The summed E-state index contributed by atoms with van der Waals surface area (Å²) in [6, 6.07) is 7.76. The summed E-state index contributed by atoms with van der Waals surface area (Å²) in [4.78, 5) is 8.92. The molecule has 0 aliphatic heterocycles. The van der Waals surface area contributed by atoms with Gasteiger partial charge in [-0.3, -0.25) is 0 Å². The highest BCUT2D eigenvalue weighted by molar-refractivity contribution is 14.1. The molecule has 1 N–H and O–H groups in total. The van der Waals surface area contributed by atoms with Gasteiger partial charge in [-0.15, -0.1) is 0 Å². The van der Waals surface area contributed by atoms with Crippen LogP contribution >= 0.6 is 38.5 Å². The number of hydrogen-bond acceptors (Lipinski definition) is 3. The molecule has 142 valence electrons. The molecule has 0 amide bonds. The van der Waals surface area contributed by atoms with Crippen molar-refractivity contribution in [3.63, 3.8) is 0 Å². The van der Waals surface area contributed by atoms with E-state index in [4.69, 9.17) is 0 Å². The van der Waals surface area contributed by atoms with Gasteiger partial charge in [0.1, 0.15) is 11.6 Å². The first-order chi connectivity index (χ1) is 12.6. The molecule has 1 aromatic heterocycles.